The van der Waals surface area contributed by atoms with E-state index in [2.05, 4.69) is 10.4 Å². The number of nitro groups is 1. The molecule has 112 valence electrons. The Kier molecular flexibility index (Phi) is 4.69. The molecule has 8 heteroatoms. The zero-order valence-electron chi connectivity index (χ0n) is 12.1. The Morgan fingerprint density at radius 3 is 2.60 bits per heavy atom. The van der Waals surface area contributed by atoms with E-state index in [0.29, 0.717) is 12.2 Å². The molecule has 0 amide bonds. The van der Waals surface area contributed by atoms with Gasteiger partial charge in [-0.3, -0.25) is 14.9 Å². The molecule has 20 heavy (non-hydrogen) atoms. The second-order valence-electron chi connectivity index (χ2n) is 5.34. The van der Waals surface area contributed by atoms with Crippen molar-refractivity contribution in [2.24, 2.45) is 0 Å². The molecule has 0 fully saturated rings. The van der Waals surface area contributed by atoms with E-state index in [4.69, 9.17) is 5.11 Å². The first kappa shape index (κ1) is 15.9. The van der Waals surface area contributed by atoms with Gasteiger partial charge >= 0.3 is 11.7 Å². The third-order valence-corrected chi connectivity index (χ3v) is 2.76. The molecular formula is C12H20N4O4. The number of anilines is 1. The molecule has 0 saturated heterocycles. The third kappa shape index (κ3) is 3.69. The summed E-state index contributed by atoms with van der Waals surface area (Å²) in [5.74, 6) is -0.705. The maximum Gasteiger partial charge on any atom is 0.333 e. The highest BCUT2D eigenvalue weighted by molar-refractivity contribution is 5.70. The normalized spacial score (nSPS) is 11.4. The van der Waals surface area contributed by atoms with Gasteiger partial charge in [0.25, 0.3) is 0 Å². The summed E-state index contributed by atoms with van der Waals surface area (Å²) in [6, 6.07) is 0. The average Bonchev–Trinajstić information content (AvgIpc) is 2.52. The minimum Gasteiger partial charge on any atom is -0.481 e. The molecule has 0 aliphatic carbocycles. The Morgan fingerprint density at radius 1 is 1.55 bits per heavy atom. The summed E-state index contributed by atoms with van der Waals surface area (Å²) in [6.45, 7) is 7.40. The summed E-state index contributed by atoms with van der Waals surface area (Å²) in [4.78, 5) is 21.5. The molecule has 0 aliphatic rings. The van der Waals surface area contributed by atoms with Gasteiger partial charge in [-0.05, 0) is 27.2 Å². The predicted molar refractivity (Wildman–Crippen MR) is 73.9 cm³/mol. The van der Waals surface area contributed by atoms with E-state index in [1.54, 1.807) is 20.8 Å². The van der Waals surface area contributed by atoms with Crippen LogP contribution >= 0.6 is 0 Å². The minimum absolute atomic E-state index is 0.100. The van der Waals surface area contributed by atoms with E-state index in [0.717, 1.165) is 6.42 Å². The lowest BCUT2D eigenvalue weighted by atomic mass is 10.0. The summed E-state index contributed by atoms with van der Waals surface area (Å²) < 4.78 is 1.52. The Hall–Kier alpha value is -2.12. The molecule has 0 spiro atoms. The molecular weight excluding hydrogens is 264 g/mol. The Balaban J connectivity index is 3.20. The fraction of sp³-hybridized carbons (Fsp3) is 0.667. The van der Waals surface area contributed by atoms with E-state index in [1.807, 2.05) is 6.92 Å². The number of nitrogens with one attached hydrogen (secondary N) is 1. The number of rotatable bonds is 7. The highest BCUT2D eigenvalue weighted by Gasteiger charge is 2.30. The van der Waals surface area contributed by atoms with Gasteiger partial charge < -0.3 is 10.4 Å². The van der Waals surface area contributed by atoms with Crippen LogP contribution in [0.1, 0.15) is 39.3 Å². The van der Waals surface area contributed by atoms with E-state index in [-0.39, 0.29) is 17.9 Å². The zero-order chi connectivity index (χ0) is 15.5. The number of aromatic nitrogens is 2. The SMILES string of the molecule is CCCn1nc(C)c([N+](=O)[O-])c1NC(C)(C)CC(=O)O. The fourth-order valence-corrected chi connectivity index (χ4v) is 2.03. The highest BCUT2D eigenvalue weighted by atomic mass is 16.6. The summed E-state index contributed by atoms with van der Waals surface area (Å²) in [6.07, 6.45) is 0.618. The average molecular weight is 284 g/mol. The number of hydrogen-bond donors (Lipinski definition) is 2. The first-order chi connectivity index (χ1) is 9.18. The molecule has 2 N–H and O–H groups in total. The van der Waals surface area contributed by atoms with Crippen LogP contribution in [0.3, 0.4) is 0 Å². The molecule has 8 nitrogen and oxygen atoms in total. The first-order valence-corrected chi connectivity index (χ1v) is 6.39. The van der Waals surface area contributed by atoms with Crippen LogP contribution in [0.2, 0.25) is 0 Å². The molecule has 0 unspecified atom stereocenters. The summed E-state index contributed by atoms with van der Waals surface area (Å²) in [7, 11) is 0. The van der Waals surface area contributed by atoms with Crippen molar-refractivity contribution in [3.05, 3.63) is 15.8 Å². The maximum absolute atomic E-state index is 11.2. The summed E-state index contributed by atoms with van der Waals surface area (Å²) in [5, 5.41) is 27.2. The van der Waals surface area contributed by atoms with Crippen LogP contribution in [0.25, 0.3) is 0 Å². The van der Waals surface area contributed by atoms with Crippen molar-refractivity contribution in [3.8, 4) is 0 Å². The smallest absolute Gasteiger partial charge is 0.333 e. The molecule has 1 heterocycles. The van der Waals surface area contributed by atoms with Crippen molar-refractivity contribution in [1.29, 1.82) is 0 Å². The second-order valence-corrected chi connectivity index (χ2v) is 5.34. The number of carboxylic acid groups (broad SMARTS) is 1. The molecule has 1 aromatic heterocycles. The number of aryl methyl sites for hydroxylation is 2. The standard InChI is InChI=1S/C12H20N4O4/c1-5-6-15-11(10(16(19)20)8(2)14-15)13-12(3,4)7-9(17)18/h13H,5-7H2,1-4H3,(H,17,18). The first-order valence-electron chi connectivity index (χ1n) is 6.39. The molecule has 0 aromatic carbocycles. The van der Waals surface area contributed by atoms with Crippen LogP contribution in [-0.2, 0) is 11.3 Å². The van der Waals surface area contributed by atoms with Crippen molar-refractivity contribution in [1.82, 2.24) is 9.78 Å². The zero-order valence-corrected chi connectivity index (χ0v) is 12.1. The van der Waals surface area contributed by atoms with Crippen LogP contribution in [0, 0.1) is 17.0 Å². The summed E-state index contributed by atoms with van der Waals surface area (Å²) >= 11 is 0. The quantitative estimate of drug-likeness (QED) is 0.586. The molecule has 0 aliphatic heterocycles. The van der Waals surface area contributed by atoms with Crippen LogP contribution in [-0.4, -0.2) is 31.3 Å². The van der Waals surface area contributed by atoms with Crippen LogP contribution in [0.5, 0.6) is 0 Å². The monoisotopic (exact) mass is 284 g/mol. The van der Waals surface area contributed by atoms with E-state index in [9.17, 15) is 14.9 Å². The highest BCUT2D eigenvalue weighted by Crippen LogP contribution is 2.31. The van der Waals surface area contributed by atoms with Crippen molar-refractivity contribution in [2.45, 2.75) is 52.6 Å². The molecule has 1 aromatic rings. The van der Waals surface area contributed by atoms with Crippen LogP contribution < -0.4 is 5.32 Å². The Morgan fingerprint density at radius 2 is 2.15 bits per heavy atom. The Bertz CT molecular complexity index is 522. The van der Waals surface area contributed by atoms with Crippen LogP contribution in [0.15, 0.2) is 0 Å². The molecule has 0 atom stereocenters. The Labute approximate surface area is 116 Å². The molecule has 0 saturated carbocycles. The lowest BCUT2D eigenvalue weighted by molar-refractivity contribution is -0.384. The lowest BCUT2D eigenvalue weighted by Gasteiger charge is -2.25. The molecule has 1 rings (SSSR count). The van der Waals surface area contributed by atoms with Gasteiger partial charge in [-0.1, -0.05) is 6.92 Å². The summed E-state index contributed by atoms with van der Waals surface area (Å²) in [5.41, 5.74) is -0.594. The van der Waals surface area contributed by atoms with Gasteiger partial charge in [0.05, 0.1) is 11.3 Å². The van der Waals surface area contributed by atoms with Gasteiger partial charge in [-0.2, -0.15) is 5.10 Å². The van der Waals surface area contributed by atoms with Crippen molar-refractivity contribution >= 4 is 17.5 Å². The number of aliphatic carboxylic acids is 1. The third-order valence-electron chi connectivity index (χ3n) is 2.76. The van der Waals surface area contributed by atoms with Gasteiger partial charge in [0.15, 0.2) is 0 Å². The van der Waals surface area contributed by atoms with Gasteiger partial charge in [0.2, 0.25) is 5.82 Å². The minimum atomic E-state index is -0.969. The number of carbonyl (C=O) groups is 1. The largest absolute Gasteiger partial charge is 0.481 e. The van der Waals surface area contributed by atoms with E-state index >= 15 is 0 Å². The van der Waals surface area contributed by atoms with Gasteiger partial charge in [0, 0.05) is 12.1 Å². The van der Waals surface area contributed by atoms with E-state index in [1.165, 1.54) is 4.68 Å². The second kappa shape index (κ2) is 5.89. The molecule has 0 bridgehead atoms. The number of nitrogens with zero attached hydrogens (tertiary/aromatic N) is 3. The van der Waals surface area contributed by atoms with Crippen LogP contribution in [0.4, 0.5) is 11.5 Å². The van der Waals surface area contributed by atoms with Crippen molar-refractivity contribution in [3.63, 3.8) is 0 Å². The topological polar surface area (TPSA) is 110 Å². The maximum atomic E-state index is 11.2. The van der Waals surface area contributed by atoms with E-state index < -0.39 is 16.4 Å². The van der Waals surface area contributed by atoms with Crippen molar-refractivity contribution < 1.29 is 14.8 Å². The van der Waals surface area contributed by atoms with Gasteiger partial charge in [-0.15, -0.1) is 0 Å². The fourth-order valence-electron chi connectivity index (χ4n) is 2.03. The van der Waals surface area contributed by atoms with Gasteiger partial charge in [-0.25, -0.2) is 4.68 Å². The van der Waals surface area contributed by atoms with Gasteiger partial charge in [0.1, 0.15) is 5.69 Å². The van der Waals surface area contributed by atoms with Crippen molar-refractivity contribution in [2.75, 3.05) is 5.32 Å². The predicted octanol–water partition coefficient (Wildman–Crippen LogP) is 2.17. The molecule has 0 radical (unpaired) electrons. The lowest BCUT2D eigenvalue weighted by Crippen LogP contribution is -2.35. The number of carboxylic acids is 1. The number of hydrogen-bond acceptors (Lipinski definition) is 5.